The van der Waals surface area contributed by atoms with E-state index in [1.165, 1.54) is 30.4 Å². The molecule has 2 aliphatic carbocycles. The molecule has 3 fully saturated rings. The van der Waals surface area contributed by atoms with Crippen molar-refractivity contribution in [2.24, 2.45) is 11.8 Å². The molecule has 0 bridgehead atoms. The van der Waals surface area contributed by atoms with Crippen LogP contribution in [0.1, 0.15) is 83.4 Å². The van der Waals surface area contributed by atoms with Crippen LogP contribution in [0.25, 0.3) is 0 Å². The van der Waals surface area contributed by atoms with Crippen molar-refractivity contribution in [2.75, 3.05) is 6.54 Å². The number of hydrogen-bond acceptors (Lipinski definition) is 9. The van der Waals surface area contributed by atoms with E-state index in [0.29, 0.717) is 18.4 Å². The summed E-state index contributed by atoms with van der Waals surface area (Å²) in [5, 5.41) is 14.6. The zero-order valence-electron chi connectivity index (χ0n) is 30.1. The number of hydrogen-bond donors (Lipinski definition) is 4. The number of carboxylic acid groups (broad SMARTS) is 1. The van der Waals surface area contributed by atoms with E-state index in [4.69, 9.17) is 4.74 Å². The number of carbonyl (C=O) groups excluding carboxylic acids is 5. The van der Waals surface area contributed by atoms with E-state index in [1.54, 1.807) is 33.8 Å². The number of allylic oxidation sites excluding steroid dienone is 2. The van der Waals surface area contributed by atoms with Crippen molar-refractivity contribution in [1.29, 1.82) is 0 Å². The van der Waals surface area contributed by atoms with Gasteiger partial charge in [0.15, 0.2) is 5.78 Å². The van der Waals surface area contributed by atoms with E-state index in [-0.39, 0.29) is 50.1 Å². The minimum absolute atomic E-state index is 0.0380. The first-order valence-electron chi connectivity index (χ1n) is 17.5. The van der Waals surface area contributed by atoms with Crippen molar-refractivity contribution in [2.45, 2.75) is 107 Å². The Morgan fingerprint density at radius 3 is 2.43 bits per heavy atom. The molecular formula is C36H46FN5O10S. The number of benzene rings is 1. The van der Waals surface area contributed by atoms with E-state index in [0.717, 1.165) is 9.80 Å². The van der Waals surface area contributed by atoms with Crippen LogP contribution in [0.15, 0.2) is 43.0 Å². The number of nitrogens with zero attached hydrogens (tertiary/aromatic N) is 2. The van der Waals surface area contributed by atoms with Crippen LogP contribution in [0, 0.1) is 17.7 Å². The minimum atomic E-state index is -3.99. The summed E-state index contributed by atoms with van der Waals surface area (Å²) in [6.07, 6.45) is 2.30. The average molecular weight is 760 g/mol. The third-order valence-corrected chi connectivity index (χ3v) is 11.8. The molecule has 2 heterocycles. The molecular weight excluding hydrogens is 713 g/mol. The van der Waals surface area contributed by atoms with Crippen LogP contribution < -0.4 is 15.4 Å². The van der Waals surface area contributed by atoms with E-state index in [9.17, 15) is 46.7 Å². The molecule has 4 aliphatic rings. The first-order chi connectivity index (χ1) is 24.8. The second-order valence-electron chi connectivity index (χ2n) is 15.1. The predicted molar refractivity (Wildman–Crippen MR) is 188 cm³/mol. The maximum atomic E-state index is 14.9. The van der Waals surface area contributed by atoms with Crippen LogP contribution in [0.5, 0.6) is 0 Å². The molecule has 15 nitrogen and oxygen atoms in total. The summed E-state index contributed by atoms with van der Waals surface area (Å²) in [5.74, 6) is -4.89. The maximum Gasteiger partial charge on any atom is 0.408 e. The summed E-state index contributed by atoms with van der Waals surface area (Å²) in [6, 6.07) is 0.540. The smallest absolute Gasteiger partial charge is 0.408 e. The number of amides is 5. The molecule has 5 rings (SSSR count). The Balaban J connectivity index is 1.49. The fourth-order valence-electron chi connectivity index (χ4n) is 7.22. The van der Waals surface area contributed by atoms with E-state index in [2.05, 4.69) is 21.9 Å². The lowest BCUT2D eigenvalue weighted by Crippen LogP contribution is -2.58. The third kappa shape index (κ3) is 8.55. The van der Waals surface area contributed by atoms with Gasteiger partial charge in [0.1, 0.15) is 29.0 Å². The lowest BCUT2D eigenvalue weighted by atomic mass is 9.90. The third-order valence-electron chi connectivity index (χ3n) is 10.0. The summed E-state index contributed by atoms with van der Waals surface area (Å²) in [6.45, 7) is 9.73. The van der Waals surface area contributed by atoms with Gasteiger partial charge in [-0.2, -0.15) is 0 Å². The molecule has 2 aliphatic heterocycles. The molecule has 5 amide bonds. The van der Waals surface area contributed by atoms with Gasteiger partial charge in [0.25, 0.3) is 5.91 Å². The molecule has 53 heavy (non-hydrogen) atoms. The molecule has 288 valence electrons. The van der Waals surface area contributed by atoms with Gasteiger partial charge in [-0.05, 0) is 77.5 Å². The highest BCUT2D eigenvalue weighted by atomic mass is 32.2. The minimum Gasteiger partial charge on any atom is -0.465 e. The number of fused-ring (bicyclic) bond motifs is 1. The number of carbonyl (C=O) groups is 6. The van der Waals surface area contributed by atoms with Crippen LogP contribution in [0.3, 0.4) is 0 Å². The molecule has 0 radical (unpaired) electrons. The highest BCUT2D eigenvalue weighted by molar-refractivity contribution is 7.91. The first-order valence-corrected chi connectivity index (χ1v) is 19.1. The lowest BCUT2D eigenvalue weighted by molar-refractivity contribution is -0.141. The number of sulfonamides is 1. The van der Waals surface area contributed by atoms with Gasteiger partial charge >= 0.3 is 12.2 Å². The molecule has 0 spiro atoms. The molecule has 1 aromatic rings. The second-order valence-corrected chi connectivity index (χ2v) is 17.0. The van der Waals surface area contributed by atoms with Gasteiger partial charge in [-0.15, -0.1) is 6.58 Å². The summed E-state index contributed by atoms with van der Waals surface area (Å²) in [5.41, 5.74) is -2.09. The van der Waals surface area contributed by atoms with Crippen LogP contribution in [-0.4, -0.2) is 94.0 Å². The molecule has 1 saturated heterocycles. The number of halogens is 1. The first kappa shape index (κ1) is 39.4. The zero-order chi connectivity index (χ0) is 39.0. The Bertz CT molecular complexity index is 1840. The summed E-state index contributed by atoms with van der Waals surface area (Å²) in [4.78, 5) is 82.4. The van der Waals surface area contributed by atoms with Gasteiger partial charge in [0.05, 0.1) is 17.8 Å². The van der Waals surface area contributed by atoms with Gasteiger partial charge in [-0.3, -0.25) is 28.8 Å². The summed E-state index contributed by atoms with van der Waals surface area (Å²) >= 11 is 0. The Labute approximate surface area is 307 Å². The topological polar surface area (TPSA) is 209 Å². The maximum absolute atomic E-state index is 14.9. The van der Waals surface area contributed by atoms with Gasteiger partial charge in [-0.25, -0.2) is 22.4 Å². The molecule has 1 unspecified atom stereocenters. The molecule has 2 saturated carbocycles. The van der Waals surface area contributed by atoms with Gasteiger partial charge in [0, 0.05) is 30.4 Å². The van der Waals surface area contributed by atoms with E-state index in [1.807, 2.05) is 0 Å². The van der Waals surface area contributed by atoms with Crippen molar-refractivity contribution in [3.05, 3.63) is 60.0 Å². The quantitative estimate of drug-likeness (QED) is 0.171. The van der Waals surface area contributed by atoms with E-state index >= 15 is 0 Å². The standard InChI is InChI=1S/C36H46FN5O10S/c1-6-9-22(43)12-15-27(38-33(47)52-35(3,4)5)31(45)41-18-20(29-24-10-8-11-26(37)25(24)19-42(29)34(48)49)16-28(41)30(44)39-36(17-21(36)7-2)32(46)40-53(50,51)23-13-14-23/h6-11,20-21,23,27-29H,2,12-19H2,1,3-5H3,(H,38,47)(H,39,44)(H,40,46)(H,48,49)/t20-,21-,27+,28+,29?,36-/m1/s1. The van der Waals surface area contributed by atoms with Crippen LogP contribution in [-0.2, 0) is 40.5 Å². The number of ether oxygens (including phenoxy) is 1. The summed E-state index contributed by atoms with van der Waals surface area (Å²) in [7, 11) is -3.99. The Morgan fingerprint density at radius 1 is 1.15 bits per heavy atom. The van der Waals surface area contributed by atoms with Gasteiger partial charge in [0.2, 0.25) is 21.8 Å². The molecule has 0 aromatic heterocycles. The Kier molecular flexibility index (Phi) is 11.1. The van der Waals surface area contributed by atoms with Crippen molar-refractivity contribution >= 4 is 45.7 Å². The fraction of sp³-hybridized carbons (Fsp3) is 0.556. The lowest BCUT2D eigenvalue weighted by Gasteiger charge is -2.31. The predicted octanol–water partition coefficient (Wildman–Crippen LogP) is 3.07. The van der Waals surface area contributed by atoms with Crippen LogP contribution in [0.2, 0.25) is 0 Å². The number of rotatable bonds is 13. The van der Waals surface area contributed by atoms with Crippen molar-refractivity contribution < 1.29 is 51.4 Å². The molecule has 17 heteroatoms. The number of ketones is 1. The SMILES string of the molecule is C=C[C@@H]1C[C@]1(NC(=O)[C@@H]1C[C@@H](C2c3cccc(F)c3CN2C(=O)O)CN1C(=O)[C@H](CCC(=O)C=CC)NC(=O)OC(C)(C)C)C(=O)NS(=O)(=O)C1CC1. The monoisotopic (exact) mass is 759 g/mol. The largest absolute Gasteiger partial charge is 0.465 e. The highest BCUT2D eigenvalue weighted by Gasteiger charge is 2.62. The Hall–Kier alpha value is -4.80. The van der Waals surface area contributed by atoms with Crippen molar-refractivity contribution in [3.8, 4) is 0 Å². The zero-order valence-corrected chi connectivity index (χ0v) is 30.9. The normalized spacial score (nSPS) is 25.7. The van der Waals surface area contributed by atoms with Crippen LogP contribution in [0.4, 0.5) is 14.0 Å². The molecule has 1 aromatic carbocycles. The second kappa shape index (κ2) is 14.9. The number of nitrogens with one attached hydrogen (secondary N) is 3. The van der Waals surface area contributed by atoms with Crippen molar-refractivity contribution in [3.63, 3.8) is 0 Å². The van der Waals surface area contributed by atoms with Crippen LogP contribution >= 0.6 is 0 Å². The summed E-state index contributed by atoms with van der Waals surface area (Å²) < 4.78 is 47.8. The van der Waals surface area contributed by atoms with Gasteiger partial charge < -0.3 is 25.4 Å². The molecule has 6 atom stereocenters. The number of likely N-dealkylation sites (tertiary alicyclic amines) is 1. The van der Waals surface area contributed by atoms with E-state index < -0.39 is 92.1 Å². The number of alkyl carbamates (subject to hydrolysis) is 1. The van der Waals surface area contributed by atoms with Gasteiger partial charge in [-0.1, -0.05) is 24.3 Å². The highest BCUT2D eigenvalue weighted by Crippen LogP contribution is 2.47. The van der Waals surface area contributed by atoms with Crippen molar-refractivity contribution in [1.82, 2.24) is 25.2 Å². The molecule has 4 N–H and O–H groups in total. The average Bonchev–Trinajstić information content (AvgIpc) is 3.96. The fourth-order valence-corrected chi connectivity index (χ4v) is 8.59. The Morgan fingerprint density at radius 2 is 1.85 bits per heavy atom.